The maximum Gasteiger partial charge on any atom is 0.416 e. The number of hydrogen-bond donors (Lipinski definition) is 0. The molecule has 1 aliphatic heterocycles. The van der Waals surface area contributed by atoms with Crippen molar-refractivity contribution in [3.63, 3.8) is 0 Å². The Balaban J connectivity index is 1.34. The van der Waals surface area contributed by atoms with Gasteiger partial charge in [-0.15, -0.1) is 5.10 Å². The molecule has 1 fully saturated rings. The zero-order chi connectivity index (χ0) is 23.9. The number of rotatable bonds is 3. The molecule has 0 spiro atoms. The fourth-order valence-corrected chi connectivity index (χ4v) is 3.88. The lowest BCUT2D eigenvalue weighted by molar-refractivity contribution is -0.137. The minimum atomic E-state index is -4.52. The molecule has 0 aliphatic carbocycles. The number of piperazine rings is 1. The predicted molar refractivity (Wildman–Crippen MR) is 114 cm³/mol. The Morgan fingerprint density at radius 2 is 1.71 bits per heavy atom. The number of amides is 1. The van der Waals surface area contributed by atoms with Gasteiger partial charge in [0, 0.05) is 31.7 Å². The number of nitrogens with zero attached hydrogens (tertiary/aromatic N) is 7. The Bertz CT molecular complexity index is 1360. The molecular formula is C22H17F4N7O. The highest BCUT2D eigenvalue weighted by atomic mass is 19.4. The van der Waals surface area contributed by atoms with Crippen LogP contribution in [0.4, 0.5) is 23.4 Å². The van der Waals surface area contributed by atoms with Crippen molar-refractivity contribution in [2.45, 2.75) is 6.18 Å². The van der Waals surface area contributed by atoms with Gasteiger partial charge in [-0.3, -0.25) is 4.79 Å². The minimum Gasteiger partial charge on any atom is -0.351 e. The fraction of sp³-hybridized carbons (Fsp3) is 0.227. The van der Waals surface area contributed by atoms with Gasteiger partial charge in [0.1, 0.15) is 12.1 Å². The molecule has 0 saturated carbocycles. The maximum absolute atomic E-state index is 13.6. The molecule has 2 aromatic heterocycles. The first-order valence-corrected chi connectivity index (χ1v) is 10.3. The second-order valence-electron chi connectivity index (χ2n) is 7.71. The number of alkyl halides is 3. The molecule has 4 aromatic rings. The van der Waals surface area contributed by atoms with Crippen LogP contribution in [0.5, 0.6) is 0 Å². The number of carbonyl (C=O) groups is 1. The monoisotopic (exact) mass is 471 g/mol. The third-order valence-corrected chi connectivity index (χ3v) is 5.57. The first kappa shape index (κ1) is 21.7. The van der Waals surface area contributed by atoms with Gasteiger partial charge in [0.05, 0.1) is 11.3 Å². The van der Waals surface area contributed by atoms with E-state index >= 15 is 0 Å². The molecule has 0 radical (unpaired) electrons. The van der Waals surface area contributed by atoms with Crippen LogP contribution in [0.3, 0.4) is 0 Å². The fourth-order valence-electron chi connectivity index (χ4n) is 3.88. The Kier molecular flexibility index (Phi) is 5.34. The highest BCUT2D eigenvalue weighted by Crippen LogP contribution is 2.30. The number of aromatic nitrogens is 5. The minimum absolute atomic E-state index is 0.00858. The summed E-state index contributed by atoms with van der Waals surface area (Å²) in [5.41, 5.74) is 0.415. The lowest BCUT2D eigenvalue weighted by Crippen LogP contribution is -2.49. The van der Waals surface area contributed by atoms with Gasteiger partial charge in [-0.1, -0.05) is 17.3 Å². The summed E-state index contributed by atoms with van der Waals surface area (Å²) >= 11 is 0. The first-order chi connectivity index (χ1) is 16.3. The van der Waals surface area contributed by atoms with E-state index in [4.69, 9.17) is 0 Å². The van der Waals surface area contributed by atoms with Gasteiger partial charge in [0.2, 0.25) is 0 Å². The number of anilines is 1. The molecule has 0 atom stereocenters. The summed E-state index contributed by atoms with van der Waals surface area (Å²) in [6, 6.07) is 10.3. The van der Waals surface area contributed by atoms with Crippen molar-refractivity contribution in [3.8, 4) is 5.69 Å². The summed E-state index contributed by atoms with van der Waals surface area (Å²) in [7, 11) is 0. The standard InChI is InChI=1S/C22H17F4N7O/c23-16-5-2-6-17(12-16)33-20-18(29-30-33)19(27-13-28-20)31-7-9-32(10-8-31)21(34)14-3-1-4-15(11-14)22(24,25)26/h1-6,11-13H,7-10H2. The molecule has 5 rings (SSSR count). The Morgan fingerprint density at radius 3 is 2.44 bits per heavy atom. The van der Waals surface area contributed by atoms with Gasteiger partial charge in [-0.05, 0) is 36.4 Å². The molecule has 174 valence electrons. The highest BCUT2D eigenvalue weighted by Gasteiger charge is 2.32. The van der Waals surface area contributed by atoms with Crippen LogP contribution in [0.2, 0.25) is 0 Å². The molecule has 8 nitrogen and oxygen atoms in total. The Labute approximate surface area is 190 Å². The predicted octanol–water partition coefficient (Wildman–Crippen LogP) is 3.33. The van der Waals surface area contributed by atoms with E-state index in [9.17, 15) is 22.4 Å². The van der Waals surface area contributed by atoms with Gasteiger partial charge in [-0.25, -0.2) is 14.4 Å². The second kappa shape index (κ2) is 8.36. The van der Waals surface area contributed by atoms with Crippen molar-refractivity contribution in [2.24, 2.45) is 0 Å². The topological polar surface area (TPSA) is 80.0 Å². The van der Waals surface area contributed by atoms with Crippen molar-refractivity contribution in [2.75, 3.05) is 31.1 Å². The first-order valence-electron chi connectivity index (χ1n) is 10.3. The van der Waals surface area contributed by atoms with Crippen molar-refractivity contribution < 1.29 is 22.4 Å². The lowest BCUT2D eigenvalue weighted by Gasteiger charge is -2.35. The molecule has 0 bridgehead atoms. The van der Waals surface area contributed by atoms with E-state index < -0.39 is 23.5 Å². The van der Waals surface area contributed by atoms with Crippen LogP contribution in [0.15, 0.2) is 54.9 Å². The lowest BCUT2D eigenvalue weighted by atomic mass is 10.1. The van der Waals surface area contributed by atoms with E-state index in [0.717, 1.165) is 12.1 Å². The van der Waals surface area contributed by atoms with Crippen LogP contribution in [0, 0.1) is 5.82 Å². The van der Waals surface area contributed by atoms with Gasteiger partial charge in [-0.2, -0.15) is 17.9 Å². The van der Waals surface area contributed by atoms with Crippen LogP contribution in [0.1, 0.15) is 15.9 Å². The summed E-state index contributed by atoms with van der Waals surface area (Å²) in [5.74, 6) is -0.369. The van der Waals surface area contributed by atoms with E-state index in [-0.39, 0.29) is 5.56 Å². The van der Waals surface area contributed by atoms with Crippen LogP contribution < -0.4 is 4.90 Å². The molecule has 1 aliphatic rings. The number of hydrogen-bond acceptors (Lipinski definition) is 6. The van der Waals surface area contributed by atoms with E-state index in [1.165, 1.54) is 40.2 Å². The van der Waals surface area contributed by atoms with Gasteiger partial charge in [0.25, 0.3) is 5.91 Å². The van der Waals surface area contributed by atoms with Crippen molar-refractivity contribution in [1.82, 2.24) is 29.9 Å². The van der Waals surface area contributed by atoms with Gasteiger partial charge >= 0.3 is 6.18 Å². The quantitative estimate of drug-likeness (QED) is 0.427. The van der Waals surface area contributed by atoms with E-state index in [1.807, 2.05) is 4.90 Å². The average Bonchev–Trinajstić information content (AvgIpc) is 3.28. The average molecular weight is 471 g/mol. The number of fused-ring (bicyclic) bond motifs is 1. The number of halogens is 4. The Morgan fingerprint density at radius 1 is 0.941 bits per heavy atom. The molecule has 1 amide bonds. The van der Waals surface area contributed by atoms with Gasteiger partial charge in [0.15, 0.2) is 17.0 Å². The number of carbonyl (C=O) groups excluding carboxylic acids is 1. The highest BCUT2D eigenvalue weighted by molar-refractivity contribution is 5.94. The molecule has 12 heteroatoms. The summed E-state index contributed by atoms with van der Waals surface area (Å²) < 4.78 is 54.0. The largest absolute Gasteiger partial charge is 0.416 e. The zero-order valence-corrected chi connectivity index (χ0v) is 17.6. The van der Waals surface area contributed by atoms with Crippen LogP contribution in [-0.2, 0) is 6.18 Å². The van der Waals surface area contributed by atoms with Crippen LogP contribution in [0.25, 0.3) is 16.9 Å². The molecule has 1 saturated heterocycles. The van der Waals surface area contributed by atoms with Crippen LogP contribution >= 0.6 is 0 Å². The smallest absolute Gasteiger partial charge is 0.351 e. The third kappa shape index (κ3) is 4.02. The molecule has 3 heterocycles. The SMILES string of the molecule is O=C(c1cccc(C(F)(F)F)c1)N1CCN(c2ncnc3c2nnn3-c2cccc(F)c2)CC1. The van der Waals surface area contributed by atoms with Crippen LogP contribution in [-0.4, -0.2) is 61.9 Å². The normalized spacial score (nSPS) is 14.6. The Hall–Kier alpha value is -4.09. The third-order valence-electron chi connectivity index (χ3n) is 5.57. The van der Waals surface area contributed by atoms with Crippen molar-refractivity contribution in [3.05, 3.63) is 71.8 Å². The molecule has 34 heavy (non-hydrogen) atoms. The zero-order valence-electron chi connectivity index (χ0n) is 17.6. The maximum atomic E-state index is 13.6. The van der Waals surface area contributed by atoms with Crippen molar-refractivity contribution >= 4 is 22.9 Å². The van der Waals surface area contributed by atoms with E-state index in [0.29, 0.717) is 48.8 Å². The summed E-state index contributed by atoms with van der Waals surface area (Å²) in [4.78, 5) is 24.7. The molecular weight excluding hydrogens is 454 g/mol. The molecule has 2 aromatic carbocycles. The molecule has 0 unspecified atom stereocenters. The van der Waals surface area contributed by atoms with E-state index in [1.54, 1.807) is 12.1 Å². The molecule has 0 N–H and O–H groups in total. The summed E-state index contributed by atoms with van der Waals surface area (Å²) in [6.07, 6.45) is -3.16. The summed E-state index contributed by atoms with van der Waals surface area (Å²) in [5, 5.41) is 8.26. The van der Waals surface area contributed by atoms with E-state index in [2.05, 4.69) is 20.3 Å². The van der Waals surface area contributed by atoms with Crippen molar-refractivity contribution in [1.29, 1.82) is 0 Å². The number of benzene rings is 2. The van der Waals surface area contributed by atoms with Gasteiger partial charge < -0.3 is 9.80 Å². The summed E-state index contributed by atoms with van der Waals surface area (Å²) in [6.45, 7) is 1.37. The second-order valence-corrected chi connectivity index (χ2v) is 7.71.